The van der Waals surface area contributed by atoms with Crippen LogP contribution < -0.4 is 0 Å². The van der Waals surface area contributed by atoms with Crippen LogP contribution in [0.15, 0.2) is 24.3 Å². The van der Waals surface area contributed by atoms with E-state index in [4.69, 9.17) is 24.0 Å². The summed E-state index contributed by atoms with van der Waals surface area (Å²) in [6.07, 6.45) is 5.39. The molecule has 6 heteroatoms. The second kappa shape index (κ2) is 8.39. The third-order valence-electron chi connectivity index (χ3n) is 8.53. The molecule has 2 bridgehead atoms. The van der Waals surface area contributed by atoms with Crippen molar-refractivity contribution < 1.29 is 28.8 Å². The van der Waals surface area contributed by atoms with Gasteiger partial charge in [0.1, 0.15) is 0 Å². The largest absolute Gasteiger partial charge is 0.462 e. The summed E-state index contributed by atoms with van der Waals surface area (Å²) >= 11 is 0. The molecule has 176 valence electrons. The summed E-state index contributed by atoms with van der Waals surface area (Å²) in [4.78, 5) is 24.5. The van der Waals surface area contributed by atoms with Gasteiger partial charge in [-0.05, 0) is 75.3 Å². The van der Waals surface area contributed by atoms with Crippen molar-refractivity contribution in [1.82, 2.24) is 0 Å². The van der Waals surface area contributed by atoms with Gasteiger partial charge in [0.05, 0.1) is 18.3 Å². The summed E-state index contributed by atoms with van der Waals surface area (Å²) in [5.74, 6) is 0.606. The molecule has 4 aliphatic heterocycles. The Hall–Kier alpha value is -1.47. The molecule has 0 aromatic heterocycles. The Labute approximate surface area is 190 Å². The molecule has 1 aromatic carbocycles. The molecule has 6 rings (SSSR count). The lowest BCUT2D eigenvalue weighted by atomic mass is 9.57. The third-order valence-corrected chi connectivity index (χ3v) is 8.53. The molecule has 0 amide bonds. The highest BCUT2D eigenvalue weighted by Crippen LogP contribution is 2.60. The van der Waals surface area contributed by atoms with Crippen molar-refractivity contribution in [2.45, 2.75) is 90.0 Å². The van der Waals surface area contributed by atoms with E-state index < -0.39 is 17.7 Å². The summed E-state index contributed by atoms with van der Waals surface area (Å²) in [6.45, 7) is 8.87. The summed E-state index contributed by atoms with van der Waals surface area (Å²) in [7, 11) is 0. The molecule has 0 N–H and O–H groups in total. The van der Waals surface area contributed by atoms with E-state index in [1.165, 1.54) is 6.42 Å². The van der Waals surface area contributed by atoms with Crippen LogP contribution in [0.25, 0.3) is 0 Å². The van der Waals surface area contributed by atoms with Crippen LogP contribution in [0.4, 0.5) is 0 Å². The molecule has 1 spiro atoms. The Bertz CT molecular complexity index is 856. The summed E-state index contributed by atoms with van der Waals surface area (Å²) < 4.78 is 18.6. The first-order chi connectivity index (χ1) is 15.3. The smallest absolute Gasteiger partial charge is 0.338 e. The third kappa shape index (κ3) is 3.60. The quantitative estimate of drug-likeness (QED) is 0.354. The normalized spacial score (nSPS) is 42.8. The molecule has 8 atom stereocenters. The fourth-order valence-corrected chi connectivity index (χ4v) is 6.64. The van der Waals surface area contributed by atoms with Crippen molar-refractivity contribution in [2.24, 2.45) is 23.7 Å². The zero-order valence-electron chi connectivity index (χ0n) is 19.7. The molecule has 1 aliphatic carbocycles. The zero-order chi connectivity index (χ0) is 22.5. The maximum absolute atomic E-state index is 12.4. The van der Waals surface area contributed by atoms with Gasteiger partial charge >= 0.3 is 5.97 Å². The highest BCUT2D eigenvalue weighted by molar-refractivity contribution is 5.90. The van der Waals surface area contributed by atoms with Crippen LogP contribution in [0.5, 0.6) is 0 Å². The van der Waals surface area contributed by atoms with Crippen LogP contribution >= 0.6 is 0 Å². The number of ether oxygens (including phenoxy) is 3. The summed E-state index contributed by atoms with van der Waals surface area (Å²) in [5.41, 5.74) is 1.05. The molecule has 1 aromatic rings. The van der Waals surface area contributed by atoms with Crippen LogP contribution in [0.3, 0.4) is 0 Å². The standard InChI is InChI=1S/C26H36O6/c1-16-8-5-6-9-19(16)23(27)28-15-7-10-22-18(3)21-12-11-17(2)20-13-14-25(4)30-24(29-22)26(20,21)32-31-25/h5-6,8-9,17-18,20-22,24H,7,10-15H2,1-4H3/t17-,18-,20+,21+,22-,24?,25?,26-/m1/s1. The Morgan fingerprint density at radius 1 is 1.12 bits per heavy atom. The lowest BCUT2D eigenvalue weighted by Gasteiger charge is -2.60. The molecule has 2 unspecified atom stereocenters. The second-order valence-corrected chi connectivity index (χ2v) is 10.5. The molecular weight excluding hydrogens is 408 g/mol. The number of carbonyl (C=O) groups is 1. The SMILES string of the molecule is Cc1ccccc1C(=O)OCCC[C@H]1OC2OC3(C)CC[C@H]4[C@H](C)CC[C@@H]([C@H]1C)[C@@]24OO3. The molecule has 0 radical (unpaired) electrons. The second-order valence-electron chi connectivity index (χ2n) is 10.5. The Morgan fingerprint density at radius 2 is 1.94 bits per heavy atom. The number of hydrogen-bond donors (Lipinski definition) is 0. The van der Waals surface area contributed by atoms with Gasteiger partial charge in [-0.15, -0.1) is 0 Å². The van der Waals surface area contributed by atoms with Gasteiger partial charge in [0, 0.05) is 12.3 Å². The molecule has 6 nitrogen and oxygen atoms in total. The van der Waals surface area contributed by atoms with Crippen molar-refractivity contribution >= 4 is 5.97 Å². The van der Waals surface area contributed by atoms with Crippen LogP contribution in [0.2, 0.25) is 0 Å². The van der Waals surface area contributed by atoms with Gasteiger partial charge in [-0.3, -0.25) is 0 Å². The fourth-order valence-electron chi connectivity index (χ4n) is 6.64. The lowest BCUT2D eigenvalue weighted by Crippen LogP contribution is -2.70. The average Bonchev–Trinajstić information content (AvgIpc) is 3.00. The van der Waals surface area contributed by atoms with E-state index >= 15 is 0 Å². The number of fused-ring (bicyclic) bond motifs is 2. The Morgan fingerprint density at radius 3 is 2.75 bits per heavy atom. The summed E-state index contributed by atoms with van der Waals surface area (Å²) in [5, 5.41) is 0. The van der Waals surface area contributed by atoms with E-state index in [1.54, 1.807) is 0 Å². The van der Waals surface area contributed by atoms with Gasteiger partial charge in [-0.25, -0.2) is 14.6 Å². The van der Waals surface area contributed by atoms with Gasteiger partial charge in [0.2, 0.25) is 5.79 Å². The van der Waals surface area contributed by atoms with E-state index in [9.17, 15) is 4.79 Å². The van der Waals surface area contributed by atoms with Crippen LogP contribution in [0.1, 0.15) is 75.2 Å². The number of rotatable bonds is 5. The Kier molecular flexibility index (Phi) is 5.85. The van der Waals surface area contributed by atoms with Gasteiger partial charge in [0.15, 0.2) is 11.9 Å². The van der Waals surface area contributed by atoms with E-state index in [2.05, 4.69) is 13.8 Å². The van der Waals surface area contributed by atoms with Crippen LogP contribution in [-0.2, 0) is 24.0 Å². The average molecular weight is 445 g/mol. The molecule has 4 heterocycles. The lowest BCUT2D eigenvalue weighted by molar-refractivity contribution is -0.571. The molecule has 1 saturated carbocycles. The van der Waals surface area contributed by atoms with E-state index in [0.717, 1.165) is 37.7 Å². The van der Waals surface area contributed by atoms with Crippen molar-refractivity contribution in [3.63, 3.8) is 0 Å². The van der Waals surface area contributed by atoms with Gasteiger partial charge in [-0.2, -0.15) is 0 Å². The van der Waals surface area contributed by atoms with E-state index in [-0.39, 0.29) is 12.1 Å². The molecule has 5 fully saturated rings. The monoisotopic (exact) mass is 444 g/mol. The summed E-state index contributed by atoms with van der Waals surface area (Å²) in [6, 6.07) is 7.52. The Balaban J connectivity index is 1.25. The minimum Gasteiger partial charge on any atom is -0.462 e. The first kappa shape index (κ1) is 22.3. The number of hydrogen-bond acceptors (Lipinski definition) is 6. The number of aryl methyl sites for hydroxylation is 1. The maximum Gasteiger partial charge on any atom is 0.338 e. The van der Waals surface area contributed by atoms with E-state index in [1.807, 2.05) is 38.1 Å². The number of benzene rings is 1. The van der Waals surface area contributed by atoms with Crippen molar-refractivity contribution in [1.29, 1.82) is 0 Å². The maximum atomic E-state index is 12.4. The highest BCUT2D eigenvalue weighted by Gasteiger charge is 2.69. The minimum absolute atomic E-state index is 0.0494. The first-order valence-electron chi connectivity index (χ1n) is 12.3. The van der Waals surface area contributed by atoms with Gasteiger partial charge in [0.25, 0.3) is 0 Å². The molecule has 4 saturated heterocycles. The minimum atomic E-state index is -0.744. The van der Waals surface area contributed by atoms with Crippen molar-refractivity contribution in [3.05, 3.63) is 35.4 Å². The predicted octanol–water partition coefficient (Wildman–Crippen LogP) is 5.18. The van der Waals surface area contributed by atoms with E-state index in [0.29, 0.717) is 35.8 Å². The number of esters is 1. The molecule has 32 heavy (non-hydrogen) atoms. The highest BCUT2D eigenvalue weighted by atomic mass is 17.3. The van der Waals surface area contributed by atoms with Crippen molar-refractivity contribution in [2.75, 3.05) is 6.61 Å². The van der Waals surface area contributed by atoms with Crippen molar-refractivity contribution in [3.8, 4) is 0 Å². The van der Waals surface area contributed by atoms with Gasteiger partial charge in [-0.1, -0.05) is 32.0 Å². The van der Waals surface area contributed by atoms with Gasteiger partial charge < -0.3 is 14.2 Å². The van der Waals surface area contributed by atoms with Crippen LogP contribution in [-0.4, -0.2) is 36.4 Å². The predicted molar refractivity (Wildman–Crippen MR) is 118 cm³/mol. The van der Waals surface area contributed by atoms with Crippen LogP contribution in [0, 0.1) is 30.6 Å². The molecular formula is C26H36O6. The first-order valence-corrected chi connectivity index (χ1v) is 12.3. The topological polar surface area (TPSA) is 63.2 Å². The zero-order valence-corrected chi connectivity index (χ0v) is 19.7. The number of carbonyl (C=O) groups excluding carboxylic acids is 1. The molecule has 5 aliphatic rings. The fraction of sp³-hybridized carbons (Fsp3) is 0.731.